The highest BCUT2D eigenvalue weighted by Crippen LogP contribution is 2.25. The van der Waals surface area contributed by atoms with Gasteiger partial charge in [-0.05, 0) is 25.4 Å². The summed E-state index contributed by atoms with van der Waals surface area (Å²) < 4.78 is 4.97. The molecule has 23 heavy (non-hydrogen) atoms. The molecular formula is C16H22N4O2S. The quantitative estimate of drug-likeness (QED) is 0.903. The maximum Gasteiger partial charge on any atom is 0.273 e. The van der Waals surface area contributed by atoms with Gasteiger partial charge in [-0.25, -0.2) is 0 Å². The van der Waals surface area contributed by atoms with Gasteiger partial charge in [-0.2, -0.15) is 0 Å². The van der Waals surface area contributed by atoms with Crippen LogP contribution in [0.1, 0.15) is 27.2 Å². The van der Waals surface area contributed by atoms with E-state index < -0.39 is 0 Å². The number of carbonyl (C=O) groups is 1. The molecule has 1 aliphatic rings. The van der Waals surface area contributed by atoms with Crippen LogP contribution in [-0.2, 0) is 0 Å². The summed E-state index contributed by atoms with van der Waals surface area (Å²) in [5, 5.41) is 8.86. The molecule has 3 heterocycles. The number of rotatable bonds is 5. The van der Waals surface area contributed by atoms with Crippen molar-refractivity contribution >= 4 is 17.2 Å². The van der Waals surface area contributed by atoms with Crippen molar-refractivity contribution in [2.24, 2.45) is 0 Å². The molecule has 0 aliphatic carbocycles. The highest BCUT2D eigenvalue weighted by molar-refractivity contribution is 7.10. The van der Waals surface area contributed by atoms with E-state index in [1.165, 1.54) is 4.88 Å². The van der Waals surface area contributed by atoms with E-state index in [0.717, 1.165) is 26.2 Å². The number of hydrogen-bond acceptors (Lipinski definition) is 6. The molecule has 0 aromatic carbocycles. The molecule has 2 aromatic heterocycles. The van der Waals surface area contributed by atoms with Crippen LogP contribution in [0.4, 0.5) is 0 Å². The van der Waals surface area contributed by atoms with E-state index in [-0.39, 0.29) is 11.9 Å². The fourth-order valence-corrected chi connectivity index (χ4v) is 3.64. The molecule has 0 bridgehead atoms. The molecule has 124 valence electrons. The van der Waals surface area contributed by atoms with Crippen molar-refractivity contribution in [1.82, 2.24) is 20.3 Å². The first-order valence-electron chi connectivity index (χ1n) is 7.81. The average molecular weight is 334 g/mol. The maximum atomic E-state index is 12.2. The Morgan fingerprint density at radius 2 is 2.22 bits per heavy atom. The fraction of sp³-hybridized carbons (Fsp3) is 0.500. The number of aromatic nitrogens is 1. The van der Waals surface area contributed by atoms with Crippen molar-refractivity contribution < 1.29 is 9.32 Å². The first-order chi connectivity index (χ1) is 11.1. The van der Waals surface area contributed by atoms with Crippen molar-refractivity contribution in [2.45, 2.75) is 13.0 Å². The van der Waals surface area contributed by atoms with Crippen LogP contribution in [0.15, 0.2) is 28.1 Å². The molecule has 1 amide bonds. The molecule has 0 saturated carbocycles. The average Bonchev–Trinajstić information content (AvgIpc) is 3.21. The van der Waals surface area contributed by atoms with Gasteiger partial charge in [0.25, 0.3) is 5.91 Å². The third-order valence-corrected chi connectivity index (χ3v) is 5.14. The number of nitrogens with zero attached hydrogens (tertiary/aromatic N) is 3. The monoisotopic (exact) mass is 334 g/mol. The lowest BCUT2D eigenvalue weighted by molar-refractivity contribution is 0.0882. The van der Waals surface area contributed by atoms with Crippen LogP contribution in [0, 0.1) is 6.92 Å². The Morgan fingerprint density at radius 1 is 1.43 bits per heavy atom. The van der Waals surface area contributed by atoms with Crippen molar-refractivity contribution in [3.63, 3.8) is 0 Å². The number of piperazine rings is 1. The third kappa shape index (κ3) is 3.99. The van der Waals surface area contributed by atoms with Gasteiger partial charge in [0.15, 0.2) is 5.69 Å². The first-order valence-corrected chi connectivity index (χ1v) is 8.69. The molecule has 1 unspecified atom stereocenters. The smallest absolute Gasteiger partial charge is 0.273 e. The van der Waals surface area contributed by atoms with E-state index in [2.05, 4.69) is 44.8 Å². The number of likely N-dealkylation sites (N-methyl/N-ethyl adjacent to an activating group) is 1. The molecule has 2 aromatic rings. The largest absolute Gasteiger partial charge is 0.361 e. The summed E-state index contributed by atoms with van der Waals surface area (Å²) >= 11 is 1.74. The summed E-state index contributed by atoms with van der Waals surface area (Å²) in [6.07, 6.45) is 0. The highest BCUT2D eigenvalue weighted by atomic mass is 32.1. The molecule has 1 saturated heterocycles. The van der Waals surface area contributed by atoms with Gasteiger partial charge in [-0.3, -0.25) is 9.69 Å². The number of nitrogens with one attached hydrogen (secondary N) is 1. The van der Waals surface area contributed by atoms with Crippen molar-refractivity contribution in [2.75, 3.05) is 39.8 Å². The Hall–Kier alpha value is -1.70. The maximum absolute atomic E-state index is 12.2. The van der Waals surface area contributed by atoms with E-state index in [9.17, 15) is 4.79 Å². The van der Waals surface area contributed by atoms with Gasteiger partial charge < -0.3 is 14.7 Å². The van der Waals surface area contributed by atoms with Crippen molar-refractivity contribution in [3.8, 4) is 0 Å². The number of carbonyl (C=O) groups excluding carboxylic acids is 1. The third-order valence-electron chi connectivity index (χ3n) is 4.17. The number of amides is 1. The first kappa shape index (κ1) is 16.2. The Labute approximate surface area is 140 Å². The fourth-order valence-electron chi connectivity index (χ4n) is 2.78. The van der Waals surface area contributed by atoms with Gasteiger partial charge in [0.1, 0.15) is 5.76 Å². The summed E-state index contributed by atoms with van der Waals surface area (Å²) in [5.41, 5.74) is 0.339. The van der Waals surface area contributed by atoms with Crippen LogP contribution in [0.3, 0.4) is 0 Å². The number of hydrogen-bond donors (Lipinski definition) is 1. The van der Waals surface area contributed by atoms with Gasteiger partial charge >= 0.3 is 0 Å². The summed E-state index contributed by atoms with van der Waals surface area (Å²) in [4.78, 5) is 18.3. The highest BCUT2D eigenvalue weighted by Gasteiger charge is 2.25. The zero-order valence-electron chi connectivity index (χ0n) is 13.5. The summed E-state index contributed by atoms with van der Waals surface area (Å²) in [7, 11) is 2.15. The van der Waals surface area contributed by atoms with Gasteiger partial charge in [-0.15, -0.1) is 11.3 Å². The van der Waals surface area contributed by atoms with Crippen LogP contribution in [-0.4, -0.2) is 60.6 Å². The van der Waals surface area contributed by atoms with Crippen LogP contribution in [0.2, 0.25) is 0 Å². The molecule has 7 heteroatoms. The molecule has 0 radical (unpaired) electrons. The Bertz CT molecular complexity index is 632. The van der Waals surface area contributed by atoms with Gasteiger partial charge in [-0.1, -0.05) is 11.2 Å². The minimum atomic E-state index is -0.183. The zero-order chi connectivity index (χ0) is 16.2. The summed E-state index contributed by atoms with van der Waals surface area (Å²) in [6, 6.07) is 6.07. The lowest BCUT2D eigenvalue weighted by Crippen LogP contribution is -2.48. The predicted molar refractivity (Wildman–Crippen MR) is 89.7 cm³/mol. The molecule has 6 nitrogen and oxygen atoms in total. The molecule has 3 rings (SSSR count). The minimum Gasteiger partial charge on any atom is -0.361 e. The predicted octanol–water partition coefficient (Wildman–Crippen LogP) is 1.76. The van der Waals surface area contributed by atoms with Gasteiger partial charge in [0.05, 0.1) is 6.04 Å². The van der Waals surface area contributed by atoms with E-state index in [0.29, 0.717) is 18.0 Å². The molecule has 1 fully saturated rings. The SMILES string of the molecule is Cc1cc(C(=O)NCC(c2cccs2)N2CCN(C)CC2)no1. The van der Waals surface area contributed by atoms with Crippen LogP contribution >= 0.6 is 11.3 Å². The lowest BCUT2D eigenvalue weighted by atomic mass is 10.1. The van der Waals surface area contributed by atoms with Gasteiger partial charge in [0, 0.05) is 43.7 Å². The van der Waals surface area contributed by atoms with Crippen LogP contribution in [0.5, 0.6) is 0 Å². The Morgan fingerprint density at radius 3 is 2.83 bits per heavy atom. The van der Waals surface area contributed by atoms with Crippen molar-refractivity contribution in [1.29, 1.82) is 0 Å². The molecular weight excluding hydrogens is 312 g/mol. The molecule has 1 aliphatic heterocycles. The van der Waals surface area contributed by atoms with E-state index in [1.54, 1.807) is 24.3 Å². The topological polar surface area (TPSA) is 61.6 Å². The molecule has 1 N–H and O–H groups in total. The van der Waals surface area contributed by atoms with Crippen molar-refractivity contribution in [3.05, 3.63) is 39.9 Å². The zero-order valence-corrected chi connectivity index (χ0v) is 14.3. The van der Waals surface area contributed by atoms with Gasteiger partial charge in [0.2, 0.25) is 0 Å². The lowest BCUT2D eigenvalue weighted by Gasteiger charge is -2.37. The second kappa shape index (κ2) is 7.25. The Balaban J connectivity index is 1.66. The van der Waals surface area contributed by atoms with E-state index in [1.807, 2.05) is 0 Å². The molecule has 1 atom stereocenters. The van der Waals surface area contributed by atoms with Crippen LogP contribution < -0.4 is 5.32 Å². The summed E-state index contributed by atoms with van der Waals surface area (Å²) in [5.74, 6) is 0.460. The molecule has 0 spiro atoms. The van der Waals surface area contributed by atoms with Crippen LogP contribution in [0.25, 0.3) is 0 Å². The Kier molecular flexibility index (Phi) is 5.09. The van der Waals surface area contributed by atoms with E-state index >= 15 is 0 Å². The standard InChI is InChI=1S/C16H22N4O2S/c1-12-10-13(18-22-12)16(21)17-11-14(15-4-3-9-23-15)20-7-5-19(2)6-8-20/h3-4,9-10,14H,5-8,11H2,1-2H3,(H,17,21). The second-order valence-electron chi connectivity index (χ2n) is 5.90. The number of aryl methyl sites for hydroxylation is 1. The second-order valence-corrected chi connectivity index (χ2v) is 6.88. The minimum absolute atomic E-state index is 0.183. The number of thiophene rings is 1. The normalized spacial score (nSPS) is 18.0. The summed E-state index contributed by atoms with van der Waals surface area (Å²) in [6.45, 7) is 6.49. The van der Waals surface area contributed by atoms with E-state index in [4.69, 9.17) is 4.52 Å².